The molecule has 1 atom stereocenters. The Balaban J connectivity index is 2.05. The second-order valence-electron chi connectivity index (χ2n) is 6.23. The predicted octanol–water partition coefficient (Wildman–Crippen LogP) is 6.05. The number of hydrogen-bond acceptors (Lipinski definition) is 2. The Kier molecular flexibility index (Phi) is 6.07. The van der Waals surface area contributed by atoms with Gasteiger partial charge in [0.2, 0.25) is 0 Å². The normalized spacial score (nSPS) is 12.4. The van der Waals surface area contributed by atoms with Crippen LogP contribution in [0.25, 0.3) is 10.8 Å². The number of rotatable bonds is 6. The van der Waals surface area contributed by atoms with Crippen LogP contribution in [-0.4, -0.2) is 6.54 Å². The molecule has 0 fully saturated rings. The van der Waals surface area contributed by atoms with E-state index in [-0.39, 0.29) is 18.5 Å². The van der Waals surface area contributed by atoms with Crippen LogP contribution in [0.2, 0.25) is 0 Å². The average molecular weight is 438 g/mol. The molecule has 3 rings (SSSR count). The zero-order valence-electron chi connectivity index (χ0n) is 14.7. The molecule has 27 heavy (non-hydrogen) atoms. The van der Waals surface area contributed by atoms with Gasteiger partial charge >= 0.3 is 0 Å². The van der Waals surface area contributed by atoms with Crippen LogP contribution in [-0.2, 0) is 6.42 Å². The van der Waals surface area contributed by atoms with Gasteiger partial charge in [0, 0.05) is 28.1 Å². The highest BCUT2D eigenvalue weighted by Gasteiger charge is 2.21. The summed E-state index contributed by atoms with van der Waals surface area (Å²) in [5.41, 5.74) is 6.56. The van der Waals surface area contributed by atoms with E-state index in [0.717, 1.165) is 26.9 Å². The molecule has 0 spiro atoms. The van der Waals surface area contributed by atoms with E-state index in [1.807, 2.05) is 37.3 Å². The van der Waals surface area contributed by atoms with Crippen molar-refractivity contribution in [2.75, 3.05) is 6.54 Å². The van der Waals surface area contributed by atoms with Crippen LogP contribution in [0.1, 0.15) is 30.6 Å². The Morgan fingerprint density at radius 1 is 1.00 bits per heavy atom. The number of halogens is 4. The number of hydrogen-bond donors (Lipinski definition) is 1. The summed E-state index contributed by atoms with van der Waals surface area (Å²) < 4.78 is 48.2. The van der Waals surface area contributed by atoms with Gasteiger partial charge in [0.05, 0.1) is 0 Å². The van der Waals surface area contributed by atoms with E-state index in [2.05, 4.69) is 15.9 Å². The maximum Gasteiger partial charge on any atom is 0.161 e. The summed E-state index contributed by atoms with van der Waals surface area (Å²) in [7, 11) is 0. The molecule has 0 aromatic heterocycles. The van der Waals surface area contributed by atoms with Crippen molar-refractivity contribution in [2.24, 2.45) is 5.73 Å². The fourth-order valence-electron chi connectivity index (χ4n) is 3.19. The van der Waals surface area contributed by atoms with Gasteiger partial charge in [-0.25, -0.2) is 13.2 Å². The second-order valence-corrected chi connectivity index (χ2v) is 7.15. The van der Waals surface area contributed by atoms with Gasteiger partial charge < -0.3 is 10.5 Å². The highest BCUT2D eigenvalue weighted by Crippen LogP contribution is 2.35. The molecule has 0 bridgehead atoms. The van der Waals surface area contributed by atoms with Gasteiger partial charge in [0.1, 0.15) is 17.7 Å². The van der Waals surface area contributed by atoms with Crippen molar-refractivity contribution in [3.63, 3.8) is 0 Å². The summed E-state index contributed by atoms with van der Waals surface area (Å²) in [6.45, 7) is 2.21. The Hall–Kier alpha value is -2.05. The molecule has 0 amide bonds. The summed E-state index contributed by atoms with van der Waals surface area (Å²) in [5.74, 6) is -2.62. The minimum Gasteiger partial charge on any atom is -0.485 e. The first-order valence-corrected chi connectivity index (χ1v) is 9.46. The molecular formula is C21H19BrF3NO. The molecule has 0 aliphatic rings. The molecule has 0 radical (unpaired) electrons. The Morgan fingerprint density at radius 3 is 2.44 bits per heavy atom. The van der Waals surface area contributed by atoms with Crippen LogP contribution in [0.4, 0.5) is 13.2 Å². The Morgan fingerprint density at radius 2 is 1.74 bits per heavy atom. The number of aryl methyl sites for hydroxylation is 1. The molecule has 3 aromatic carbocycles. The molecule has 0 saturated carbocycles. The molecule has 0 aliphatic carbocycles. The maximum absolute atomic E-state index is 14.3. The van der Waals surface area contributed by atoms with Crippen molar-refractivity contribution in [2.45, 2.75) is 25.9 Å². The zero-order chi connectivity index (χ0) is 19.6. The van der Waals surface area contributed by atoms with E-state index < -0.39 is 23.6 Å². The zero-order valence-corrected chi connectivity index (χ0v) is 16.3. The number of ether oxygens (including phenoxy) is 1. The third kappa shape index (κ3) is 4.12. The second kappa shape index (κ2) is 8.31. The summed E-state index contributed by atoms with van der Waals surface area (Å²) in [5, 5.41) is 2.07. The summed E-state index contributed by atoms with van der Waals surface area (Å²) >= 11 is 3.46. The molecule has 6 heteroatoms. The van der Waals surface area contributed by atoms with Crippen molar-refractivity contribution in [3.8, 4) is 5.75 Å². The predicted molar refractivity (Wildman–Crippen MR) is 104 cm³/mol. The van der Waals surface area contributed by atoms with Crippen molar-refractivity contribution in [1.82, 2.24) is 0 Å². The van der Waals surface area contributed by atoms with Crippen LogP contribution in [0.3, 0.4) is 0 Å². The Bertz CT molecular complexity index is 977. The van der Waals surface area contributed by atoms with Gasteiger partial charge in [-0.2, -0.15) is 0 Å². The smallest absolute Gasteiger partial charge is 0.161 e. The van der Waals surface area contributed by atoms with E-state index in [1.165, 1.54) is 0 Å². The third-order valence-electron chi connectivity index (χ3n) is 4.49. The van der Waals surface area contributed by atoms with Crippen LogP contribution < -0.4 is 10.5 Å². The van der Waals surface area contributed by atoms with Crippen molar-refractivity contribution < 1.29 is 17.9 Å². The molecule has 2 nitrogen and oxygen atoms in total. The molecular weight excluding hydrogens is 419 g/mol. The third-order valence-corrected chi connectivity index (χ3v) is 4.98. The fourth-order valence-corrected chi connectivity index (χ4v) is 3.57. The highest BCUT2D eigenvalue weighted by molar-refractivity contribution is 9.10. The molecule has 2 N–H and O–H groups in total. The largest absolute Gasteiger partial charge is 0.485 e. The van der Waals surface area contributed by atoms with Crippen LogP contribution >= 0.6 is 15.9 Å². The topological polar surface area (TPSA) is 35.2 Å². The monoisotopic (exact) mass is 437 g/mol. The minimum atomic E-state index is -1.23. The summed E-state index contributed by atoms with van der Waals surface area (Å²) in [4.78, 5) is 0. The molecule has 1 unspecified atom stereocenters. The SMILES string of the molecule is CCc1c(OC(CCN)c2cc(F)c(F)cc2F)ccc2cc(Br)ccc12. The van der Waals surface area contributed by atoms with Crippen LogP contribution in [0.15, 0.2) is 46.9 Å². The van der Waals surface area contributed by atoms with Gasteiger partial charge in [0.25, 0.3) is 0 Å². The van der Waals surface area contributed by atoms with Gasteiger partial charge in [-0.05, 0) is 48.0 Å². The lowest BCUT2D eigenvalue weighted by molar-refractivity contribution is 0.190. The standard InChI is InChI=1S/C21H19BrF3NO/c1-2-14-15-5-4-13(22)9-12(15)3-6-20(14)27-21(7-8-26)16-10-18(24)19(25)11-17(16)23/h3-6,9-11,21H,2,7-8,26H2,1H3. The van der Waals surface area contributed by atoms with E-state index >= 15 is 0 Å². The van der Waals surface area contributed by atoms with E-state index in [0.29, 0.717) is 18.2 Å². The van der Waals surface area contributed by atoms with Crippen molar-refractivity contribution >= 4 is 26.7 Å². The van der Waals surface area contributed by atoms with E-state index in [4.69, 9.17) is 10.5 Å². The van der Waals surface area contributed by atoms with Crippen LogP contribution in [0, 0.1) is 17.5 Å². The molecule has 142 valence electrons. The number of nitrogens with two attached hydrogens (primary N) is 1. The number of benzene rings is 3. The minimum absolute atomic E-state index is 0.0442. The van der Waals surface area contributed by atoms with Gasteiger partial charge in [-0.1, -0.05) is 35.0 Å². The summed E-state index contributed by atoms with van der Waals surface area (Å²) in [6, 6.07) is 11.0. The lowest BCUT2D eigenvalue weighted by Crippen LogP contribution is -2.16. The first kappa shape index (κ1) is 19.7. The molecule has 3 aromatic rings. The highest BCUT2D eigenvalue weighted by atomic mass is 79.9. The Labute approximate surface area is 164 Å². The van der Waals surface area contributed by atoms with E-state index in [1.54, 1.807) is 0 Å². The van der Waals surface area contributed by atoms with Crippen LogP contribution in [0.5, 0.6) is 5.75 Å². The van der Waals surface area contributed by atoms with Crippen molar-refractivity contribution in [3.05, 3.63) is 75.5 Å². The molecule has 0 heterocycles. The molecule has 0 aliphatic heterocycles. The quantitative estimate of drug-likeness (QED) is 0.476. The lowest BCUT2D eigenvalue weighted by atomic mass is 10.0. The van der Waals surface area contributed by atoms with Gasteiger partial charge in [-0.3, -0.25) is 0 Å². The molecule has 0 saturated heterocycles. The average Bonchev–Trinajstić information content (AvgIpc) is 2.64. The first-order valence-electron chi connectivity index (χ1n) is 8.67. The van der Waals surface area contributed by atoms with E-state index in [9.17, 15) is 13.2 Å². The fraction of sp³-hybridized carbons (Fsp3) is 0.238. The first-order chi connectivity index (χ1) is 12.9. The van der Waals surface area contributed by atoms with Gasteiger partial charge in [-0.15, -0.1) is 0 Å². The van der Waals surface area contributed by atoms with Gasteiger partial charge in [0.15, 0.2) is 11.6 Å². The maximum atomic E-state index is 14.3. The summed E-state index contributed by atoms with van der Waals surface area (Å²) in [6.07, 6.45) is 0.149. The lowest BCUT2D eigenvalue weighted by Gasteiger charge is -2.22. The van der Waals surface area contributed by atoms with Crippen molar-refractivity contribution in [1.29, 1.82) is 0 Å². The number of fused-ring (bicyclic) bond motifs is 1.